The first-order chi connectivity index (χ1) is 11.8. The zero-order valence-electron chi connectivity index (χ0n) is 13.4. The van der Waals surface area contributed by atoms with Crippen LogP contribution in [0.4, 0.5) is 17.5 Å². The maximum atomic E-state index is 11.4. The Balaban J connectivity index is 2.19. The summed E-state index contributed by atoms with van der Waals surface area (Å²) in [6.45, 7) is 3.98. The van der Waals surface area contributed by atoms with Crippen molar-refractivity contribution in [1.29, 1.82) is 0 Å². The average Bonchev–Trinajstić information content (AvgIpc) is 2.53. The highest BCUT2D eigenvalue weighted by Crippen LogP contribution is 2.20. The van der Waals surface area contributed by atoms with Crippen LogP contribution < -0.4 is 20.6 Å². The lowest BCUT2D eigenvalue weighted by Crippen LogP contribution is -2.17. The van der Waals surface area contributed by atoms with Gasteiger partial charge in [0.2, 0.25) is 5.95 Å². The molecule has 0 aliphatic heterocycles. The van der Waals surface area contributed by atoms with E-state index in [1.54, 1.807) is 18.2 Å². The van der Waals surface area contributed by atoms with Crippen LogP contribution in [0, 0.1) is 0 Å². The van der Waals surface area contributed by atoms with Crippen molar-refractivity contribution in [3.05, 3.63) is 48.7 Å². The normalized spacial score (nSPS) is 10.8. The van der Waals surface area contributed by atoms with Gasteiger partial charge in [-0.2, -0.15) is 13.4 Å². The van der Waals surface area contributed by atoms with E-state index in [9.17, 15) is 13.2 Å². The fourth-order valence-corrected chi connectivity index (χ4v) is 2.28. The molecule has 0 bridgehead atoms. The molecule has 1 heterocycles. The van der Waals surface area contributed by atoms with Crippen LogP contribution in [-0.2, 0) is 10.1 Å². The number of nitrogens with two attached hydrogens (primary N) is 1. The number of amides is 1. The second-order valence-electron chi connectivity index (χ2n) is 4.93. The van der Waals surface area contributed by atoms with Crippen LogP contribution in [-0.4, -0.2) is 37.1 Å². The van der Waals surface area contributed by atoms with Gasteiger partial charge in [0.25, 0.3) is 5.91 Å². The molecule has 0 saturated carbocycles. The van der Waals surface area contributed by atoms with E-state index in [1.807, 2.05) is 0 Å². The standard InChI is InChI=1S/C15H17N5O4S/c1-3-8-17-14-12(13(16)21)9-18-15(20-14)19-10-4-6-11(7-5-10)24-25(2,22)23/h3-7,9H,1,8H2,2H3,(H2,16,21)(H2,17,18,19,20). The van der Waals surface area contributed by atoms with Crippen LogP contribution in [0.3, 0.4) is 0 Å². The minimum atomic E-state index is -3.58. The van der Waals surface area contributed by atoms with Gasteiger partial charge in [-0.05, 0) is 24.3 Å². The lowest BCUT2D eigenvalue weighted by atomic mass is 10.3. The molecule has 0 aliphatic carbocycles. The molecule has 0 fully saturated rings. The largest absolute Gasteiger partial charge is 0.383 e. The summed E-state index contributed by atoms with van der Waals surface area (Å²) in [6.07, 6.45) is 3.88. The number of carbonyl (C=O) groups excluding carboxylic acids is 1. The predicted molar refractivity (Wildman–Crippen MR) is 94.4 cm³/mol. The molecule has 2 aromatic rings. The molecule has 2 rings (SSSR count). The van der Waals surface area contributed by atoms with Gasteiger partial charge in [0, 0.05) is 18.4 Å². The molecule has 0 atom stereocenters. The Kier molecular flexibility index (Phi) is 5.55. The van der Waals surface area contributed by atoms with Gasteiger partial charge < -0.3 is 20.6 Å². The van der Waals surface area contributed by atoms with E-state index in [1.165, 1.54) is 18.3 Å². The van der Waals surface area contributed by atoms with Crippen molar-refractivity contribution in [3.63, 3.8) is 0 Å². The lowest BCUT2D eigenvalue weighted by molar-refractivity contribution is 0.100. The Morgan fingerprint density at radius 2 is 2.04 bits per heavy atom. The Bertz CT molecular complexity index is 881. The number of nitrogens with one attached hydrogen (secondary N) is 2. The molecular formula is C15H17N5O4S. The van der Waals surface area contributed by atoms with E-state index in [-0.39, 0.29) is 23.1 Å². The highest BCUT2D eigenvalue weighted by Gasteiger charge is 2.12. The van der Waals surface area contributed by atoms with Crippen molar-refractivity contribution in [2.45, 2.75) is 0 Å². The van der Waals surface area contributed by atoms with Gasteiger partial charge in [-0.1, -0.05) is 6.08 Å². The number of primary amides is 1. The van der Waals surface area contributed by atoms with E-state index in [4.69, 9.17) is 9.92 Å². The number of hydrogen-bond donors (Lipinski definition) is 3. The number of anilines is 3. The Morgan fingerprint density at radius 3 is 2.60 bits per heavy atom. The average molecular weight is 363 g/mol. The first kappa shape index (κ1) is 18.2. The summed E-state index contributed by atoms with van der Waals surface area (Å²) in [6, 6.07) is 6.17. The first-order valence-corrected chi connectivity index (χ1v) is 8.88. The van der Waals surface area contributed by atoms with E-state index in [0.717, 1.165) is 6.26 Å². The second kappa shape index (κ2) is 7.62. The monoisotopic (exact) mass is 363 g/mol. The first-order valence-electron chi connectivity index (χ1n) is 7.06. The van der Waals surface area contributed by atoms with Gasteiger partial charge in [0.15, 0.2) is 0 Å². The van der Waals surface area contributed by atoms with Gasteiger partial charge >= 0.3 is 10.1 Å². The number of rotatable bonds is 8. The highest BCUT2D eigenvalue weighted by atomic mass is 32.2. The second-order valence-corrected chi connectivity index (χ2v) is 6.50. The number of aromatic nitrogens is 2. The zero-order chi connectivity index (χ0) is 18.4. The molecule has 0 aliphatic rings. The Labute approximate surface area is 145 Å². The summed E-state index contributed by atoms with van der Waals surface area (Å²) >= 11 is 0. The molecule has 1 aromatic carbocycles. The summed E-state index contributed by atoms with van der Waals surface area (Å²) in [5.41, 5.74) is 6.04. The van der Waals surface area contributed by atoms with Crippen LogP contribution in [0.15, 0.2) is 43.1 Å². The van der Waals surface area contributed by atoms with Gasteiger partial charge in [0.1, 0.15) is 11.6 Å². The maximum Gasteiger partial charge on any atom is 0.306 e. The van der Waals surface area contributed by atoms with Crippen LogP contribution in [0.1, 0.15) is 10.4 Å². The van der Waals surface area contributed by atoms with Crippen LogP contribution in [0.2, 0.25) is 0 Å². The molecule has 132 valence electrons. The van der Waals surface area contributed by atoms with Gasteiger partial charge in [-0.15, -0.1) is 6.58 Å². The van der Waals surface area contributed by atoms with Gasteiger partial charge in [0.05, 0.1) is 11.8 Å². The van der Waals surface area contributed by atoms with E-state index in [2.05, 4.69) is 27.2 Å². The van der Waals surface area contributed by atoms with Crippen molar-refractivity contribution in [2.24, 2.45) is 5.73 Å². The quantitative estimate of drug-likeness (QED) is 0.471. The number of nitrogens with zero attached hydrogens (tertiary/aromatic N) is 2. The summed E-state index contributed by atoms with van der Waals surface area (Å²) < 4.78 is 26.9. The summed E-state index contributed by atoms with van der Waals surface area (Å²) in [5, 5.41) is 5.84. The Morgan fingerprint density at radius 1 is 1.36 bits per heavy atom. The van der Waals surface area contributed by atoms with Crippen LogP contribution in [0.25, 0.3) is 0 Å². The van der Waals surface area contributed by atoms with Gasteiger partial charge in [-0.25, -0.2) is 4.98 Å². The van der Waals surface area contributed by atoms with Crippen LogP contribution in [0.5, 0.6) is 5.75 Å². The highest BCUT2D eigenvalue weighted by molar-refractivity contribution is 7.86. The van der Waals surface area contributed by atoms with Crippen LogP contribution >= 0.6 is 0 Å². The molecule has 0 saturated heterocycles. The zero-order valence-corrected chi connectivity index (χ0v) is 14.2. The Hall–Kier alpha value is -3.14. The molecular weight excluding hydrogens is 346 g/mol. The fraction of sp³-hybridized carbons (Fsp3) is 0.133. The smallest absolute Gasteiger partial charge is 0.306 e. The SMILES string of the molecule is C=CCNc1nc(Nc2ccc(OS(C)(=O)=O)cc2)ncc1C(N)=O. The molecule has 9 nitrogen and oxygen atoms in total. The molecule has 25 heavy (non-hydrogen) atoms. The minimum Gasteiger partial charge on any atom is -0.383 e. The minimum absolute atomic E-state index is 0.157. The third-order valence-electron chi connectivity index (χ3n) is 2.83. The number of benzene rings is 1. The fourth-order valence-electron chi connectivity index (χ4n) is 1.82. The number of carbonyl (C=O) groups is 1. The van der Waals surface area contributed by atoms with Crippen molar-refractivity contribution in [2.75, 3.05) is 23.4 Å². The van der Waals surface area contributed by atoms with Crippen molar-refractivity contribution >= 4 is 33.5 Å². The summed E-state index contributed by atoms with van der Waals surface area (Å²) in [7, 11) is -3.58. The lowest BCUT2D eigenvalue weighted by Gasteiger charge is -2.10. The number of hydrogen-bond acceptors (Lipinski definition) is 8. The molecule has 4 N–H and O–H groups in total. The molecule has 0 spiro atoms. The molecule has 1 aromatic heterocycles. The summed E-state index contributed by atoms with van der Waals surface area (Å²) in [5.74, 6) is 0.0436. The molecule has 0 radical (unpaired) electrons. The summed E-state index contributed by atoms with van der Waals surface area (Å²) in [4.78, 5) is 19.6. The van der Waals surface area contributed by atoms with Gasteiger partial charge in [-0.3, -0.25) is 4.79 Å². The topological polar surface area (TPSA) is 136 Å². The molecule has 0 unspecified atom stereocenters. The molecule has 1 amide bonds. The third kappa shape index (κ3) is 5.46. The van der Waals surface area contributed by atoms with Crippen molar-refractivity contribution in [3.8, 4) is 5.75 Å². The van der Waals surface area contributed by atoms with Crippen molar-refractivity contribution < 1.29 is 17.4 Å². The third-order valence-corrected chi connectivity index (χ3v) is 3.32. The van der Waals surface area contributed by atoms with E-state index >= 15 is 0 Å². The van der Waals surface area contributed by atoms with Crippen molar-refractivity contribution in [1.82, 2.24) is 9.97 Å². The predicted octanol–water partition coefficient (Wildman–Crippen LogP) is 1.26. The molecule has 10 heteroatoms. The maximum absolute atomic E-state index is 11.4. The van der Waals surface area contributed by atoms with E-state index in [0.29, 0.717) is 12.2 Å². The van der Waals surface area contributed by atoms with E-state index < -0.39 is 16.0 Å².